The third-order valence-corrected chi connectivity index (χ3v) is 6.94. The van der Waals surface area contributed by atoms with Crippen LogP contribution in [0.25, 0.3) is 11.4 Å². The Bertz CT molecular complexity index is 1290. The second-order valence-corrected chi connectivity index (χ2v) is 10.1. The van der Waals surface area contributed by atoms with E-state index in [2.05, 4.69) is 47.5 Å². The van der Waals surface area contributed by atoms with Gasteiger partial charge in [-0.3, -0.25) is 14.6 Å². The number of hydrogen-bond donors (Lipinski definition) is 1. The van der Waals surface area contributed by atoms with Crippen LogP contribution in [0, 0.1) is 20.8 Å². The first-order valence-corrected chi connectivity index (χ1v) is 13.3. The van der Waals surface area contributed by atoms with Crippen molar-refractivity contribution in [2.75, 3.05) is 31.6 Å². The molecular formula is C29H38N6O3. The Balaban J connectivity index is 1.50. The fourth-order valence-corrected chi connectivity index (χ4v) is 4.76. The van der Waals surface area contributed by atoms with Crippen LogP contribution < -0.4 is 10.2 Å². The summed E-state index contributed by atoms with van der Waals surface area (Å²) in [6, 6.07) is 12.2. The predicted molar refractivity (Wildman–Crippen MR) is 147 cm³/mol. The van der Waals surface area contributed by atoms with Crippen molar-refractivity contribution in [3.8, 4) is 11.4 Å². The Morgan fingerprint density at radius 3 is 2.53 bits per heavy atom. The number of nitrogens with one attached hydrogen (secondary N) is 1. The molecule has 3 aromatic rings. The quantitative estimate of drug-likeness (QED) is 0.381. The molecule has 0 spiro atoms. The molecule has 0 radical (unpaired) electrons. The molecule has 0 aliphatic carbocycles. The number of unbranched alkanes of at least 4 members (excludes halogenated alkanes) is 2. The average Bonchev–Trinajstić information content (AvgIpc) is 3.51. The molecule has 9 nitrogen and oxygen atoms in total. The highest BCUT2D eigenvalue weighted by atomic mass is 16.5. The number of hydrogen-bond acceptors (Lipinski definition) is 7. The summed E-state index contributed by atoms with van der Waals surface area (Å²) in [6.07, 6.45) is 3.10. The van der Waals surface area contributed by atoms with E-state index < -0.39 is 0 Å². The summed E-state index contributed by atoms with van der Waals surface area (Å²) in [6.45, 7) is 10.1. The number of anilines is 1. The van der Waals surface area contributed by atoms with Crippen LogP contribution in [-0.4, -0.2) is 58.7 Å². The van der Waals surface area contributed by atoms with Crippen molar-refractivity contribution in [3.63, 3.8) is 0 Å². The van der Waals surface area contributed by atoms with Crippen molar-refractivity contribution >= 4 is 17.5 Å². The van der Waals surface area contributed by atoms with Gasteiger partial charge in [0.15, 0.2) is 0 Å². The molecule has 1 aliphatic heterocycles. The van der Waals surface area contributed by atoms with Gasteiger partial charge in [-0.15, -0.1) is 0 Å². The Kier molecular flexibility index (Phi) is 8.78. The highest BCUT2D eigenvalue weighted by Gasteiger charge is 2.27. The molecule has 1 aromatic heterocycles. The summed E-state index contributed by atoms with van der Waals surface area (Å²) in [7, 11) is 1.80. The molecule has 9 heteroatoms. The van der Waals surface area contributed by atoms with E-state index in [4.69, 9.17) is 4.52 Å². The summed E-state index contributed by atoms with van der Waals surface area (Å²) >= 11 is 0. The van der Waals surface area contributed by atoms with E-state index in [0.717, 1.165) is 36.1 Å². The van der Waals surface area contributed by atoms with E-state index in [1.54, 1.807) is 19.0 Å². The SMILES string of the molecule is CCCCCNC(=O)CN(CC(=O)N(C)N1Cc2ccc(C)cc2C1)c1ccc(-c2noc(C)n2)cc1C. The van der Waals surface area contributed by atoms with Crippen LogP contribution in [0.1, 0.15) is 54.3 Å². The maximum atomic E-state index is 13.5. The molecule has 38 heavy (non-hydrogen) atoms. The number of nitrogens with zero attached hydrogens (tertiary/aromatic N) is 5. The highest BCUT2D eigenvalue weighted by Crippen LogP contribution is 2.27. The second kappa shape index (κ2) is 12.2. The molecule has 0 saturated heterocycles. The number of aromatic nitrogens is 2. The van der Waals surface area contributed by atoms with Crippen LogP contribution in [0.4, 0.5) is 5.69 Å². The predicted octanol–water partition coefficient (Wildman–Crippen LogP) is 4.16. The Labute approximate surface area is 224 Å². The summed E-state index contributed by atoms with van der Waals surface area (Å²) < 4.78 is 5.12. The Hall–Kier alpha value is -3.72. The van der Waals surface area contributed by atoms with E-state index in [0.29, 0.717) is 31.3 Å². The minimum absolute atomic E-state index is 0.0757. The number of benzene rings is 2. The topological polar surface area (TPSA) is 94.8 Å². The lowest BCUT2D eigenvalue weighted by Gasteiger charge is -2.32. The molecule has 0 saturated carbocycles. The molecule has 2 heterocycles. The van der Waals surface area contributed by atoms with Crippen molar-refractivity contribution in [1.29, 1.82) is 0 Å². The largest absolute Gasteiger partial charge is 0.355 e. The van der Waals surface area contributed by atoms with E-state index in [1.165, 1.54) is 16.7 Å². The van der Waals surface area contributed by atoms with Crippen molar-refractivity contribution < 1.29 is 14.1 Å². The van der Waals surface area contributed by atoms with Crippen molar-refractivity contribution in [3.05, 3.63) is 64.5 Å². The third kappa shape index (κ3) is 6.58. The second-order valence-electron chi connectivity index (χ2n) is 10.1. The molecule has 202 valence electrons. The third-order valence-electron chi connectivity index (χ3n) is 6.94. The van der Waals surface area contributed by atoms with E-state index in [-0.39, 0.29) is 24.9 Å². The number of carbonyl (C=O) groups excluding carboxylic acids is 2. The van der Waals surface area contributed by atoms with Gasteiger partial charge in [-0.05, 0) is 55.2 Å². The average molecular weight is 519 g/mol. The molecule has 1 N–H and O–H groups in total. The van der Waals surface area contributed by atoms with Gasteiger partial charge in [-0.1, -0.05) is 48.7 Å². The van der Waals surface area contributed by atoms with E-state index in [9.17, 15) is 9.59 Å². The maximum Gasteiger partial charge on any atom is 0.256 e. The van der Waals surface area contributed by atoms with Gasteiger partial charge in [-0.25, -0.2) is 5.01 Å². The van der Waals surface area contributed by atoms with Crippen LogP contribution in [0.2, 0.25) is 0 Å². The number of hydrazine groups is 1. The van der Waals surface area contributed by atoms with Gasteiger partial charge >= 0.3 is 0 Å². The number of rotatable bonds is 11. The fraction of sp³-hybridized carbons (Fsp3) is 0.448. The molecule has 0 bridgehead atoms. The normalized spacial score (nSPS) is 12.9. The number of likely N-dealkylation sites (N-methyl/N-ethyl adjacent to an activating group) is 1. The van der Waals surface area contributed by atoms with Crippen LogP contribution >= 0.6 is 0 Å². The lowest BCUT2D eigenvalue weighted by atomic mass is 10.1. The molecule has 0 fully saturated rings. The monoisotopic (exact) mass is 518 g/mol. The van der Waals surface area contributed by atoms with Crippen LogP contribution in [0.3, 0.4) is 0 Å². The Morgan fingerprint density at radius 1 is 1.03 bits per heavy atom. The zero-order valence-corrected chi connectivity index (χ0v) is 23.1. The van der Waals surface area contributed by atoms with Crippen LogP contribution in [0.5, 0.6) is 0 Å². The van der Waals surface area contributed by atoms with Gasteiger partial charge < -0.3 is 14.7 Å². The van der Waals surface area contributed by atoms with Gasteiger partial charge in [0.2, 0.25) is 17.6 Å². The van der Waals surface area contributed by atoms with Gasteiger partial charge in [0.25, 0.3) is 5.91 Å². The molecule has 4 rings (SSSR count). The van der Waals surface area contributed by atoms with Crippen molar-refractivity contribution in [2.45, 2.75) is 60.0 Å². The van der Waals surface area contributed by atoms with E-state index >= 15 is 0 Å². The molecule has 0 unspecified atom stereocenters. The molecule has 1 aliphatic rings. The number of amides is 2. The number of carbonyl (C=O) groups is 2. The minimum Gasteiger partial charge on any atom is -0.355 e. The van der Waals surface area contributed by atoms with Crippen LogP contribution in [-0.2, 0) is 22.7 Å². The number of aryl methyl sites for hydroxylation is 3. The first-order chi connectivity index (χ1) is 18.2. The molecule has 2 amide bonds. The van der Waals surface area contributed by atoms with E-state index in [1.807, 2.05) is 35.0 Å². The first-order valence-electron chi connectivity index (χ1n) is 13.3. The zero-order chi connectivity index (χ0) is 27.2. The lowest BCUT2D eigenvalue weighted by Crippen LogP contribution is -2.48. The van der Waals surface area contributed by atoms with Gasteiger partial charge in [-0.2, -0.15) is 4.98 Å². The van der Waals surface area contributed by atoms with Gasteiger partial charge in [0.05, 0.1) is 13.1 Å². The summed E-state index contributed by atoms with van der Waals surface area (Å²) in [4.78, 5) is 32.5. The van der Waals surface area contributed by atoms with Crippen molar-refractivity contribution in [1.82, 2.24) is 25.5 Å². The summed E-state index contributed by atoms with van der Waals surface area (Å²) in [5.74, 6) is 0.830. The summed E-state index contributed by atoms with van der Waals surface area (Å²) in [5, 5.41) is 10.7. The molecule has 2 aromatic carbocycles. The Morgan fingerprint density at radius 2 is 1.82 bits per heavy atom. The first kappa shape index (κ1) is 27.3. The maximum absolute atomic E-state index is 13.5. The molecular weight excluding hydrogens is 480 g/mol. The van der Waals surface area contributed by atoms with Gasteiger partial charge in [0.1, 0.15) is 0 Å². The highest BCUT2D eigenvalue weighted by molar-refractivity contribution is 5.87. The molecule has 0 atom stereocenters. The smallest absolute Gasteiger partial charge is 0.256 e. The number of fused-ring (bicyclic) bond motifs is 1. The minimum atomic E-state index is -0.0992. The van der Waals surface area contributed by atoms with Gasteiger partial charge in [0, 0.05) is 44.9 Å². The lowest BCUT2D eigenvalue weighted by molar-refractivity contribution is -0.145. The van der Waals surface area contributed by atoms with Crippen LogP contribution in [0.15, 0.2) is 40.9 Å². The zero-order valence-electron chi connectivity index (χ0n) is 23.1. The van der Waals surface area contributed by atoms with Crippen molar-refractivity contribution in [2.24, 2.45) is 0 Å². The summed E-state index contributed by atoms with van der Waals surface area (Å²) in [5.41, 5.74) is 6.26. The standard InChI is InChI=1S/C29H38N6O3/c1-6-7-8-13-30-27(36)18-34(26-12-11-23(15-21(26)3)29-31-22(4)38-32-29)19-28(37)33(5)35-16-24-10-9-20(2)14-25(24)17-35/h9-12,14-15H,6-8,13,16-19H2,1-5H3,(H,30,36). The fourth-order valence-electron chi connectivity index (χ4n) is 4.76.